The number of aromatic nitrogens is 1. The van der Waals surface area contributed by atoms with Crippen LogP contribution < -0.4 is 10.2 Å². The topological polar surface area (TPSA) is 54.3 Å². The molecule has 1 aliphatic heterocycles. The van der Waals surface area contributed by atoms with Crippen molar-refractivity contribution in [1.82, 2.24) is 9.88 Å². The van der Waals surface area contributed by atoms with Crippen LogP contribution in [0.5, 0.6) is 0 Å². The maximum atomic E-state index is 13.5. The van der Waals surface area contributed by atoms with Crippen LogP contribution in [0.1, 0.15) is 16.8 Å². The van der Waals surface area contributed by atoms with E-state index in [-0.39, 0.29) is 10.7 Å². The number of carbonyl (C=O) groups excluding carboxylic acids is 2. The van der Waals surface area contributed by atoms with E-state index in [1.807, 2.05) is 73.1 Å². The van der Waals surface area contributed by atoms with Gasteiger partial charge in [0.25, 0.3) is 11.8 Å². The molecule has 0 aliphatic carbocycles. The average molecular weight is 452 g/mol. The third-order valence-corrected chi connectivity index (χ3v) is 6.29. The molecule has 3 aromatic carbocycles. The fourth-order valence-electron chi connectivity index (χ4n) is 4.08. The predicted molar refractivity (Wildman–Crippen MR) is 135 cm³/mol. The molecular weight excluding hydrogens is 430 g/mol. The van der Waals surface area contributed by atoms with Gasteiger partial charge in [0.05, 0.1) is 5.69 Å². The number of carbonyl (C=O) groups is 2. The summed E-state index contributed by atoms with van der Waals surface area (Å²) < 4.78 is 1.95. The Labute approximate surface area is 196 Å². The first-order valence-corrected chi connectivity index (χ1v) is 11.0. The number of hydrogen-bond donors (Lipinski definition) is 1. The van der Waals surface area contributed by atoms with Gasteiger partial charge >= 0.3 is 0 Å². The first-order valence-electron chi connectivity index (χ1n) is 10.6. The number of hydrogen-bond acceptors (Lipinski definition) is 3. The molecule has 1 N–H and O–H groups in total. The van der Waals surface area contributed by atoms with Crippen molar-refractivity contribution in [3.05, 3.63) is 101 Å². The summed E-state index contributed by atoms with van der Waals surface area (Å²) in [5.41, 5.74) is 4.33. The Morgan fingerprint density at radius 3 is 2.48 bits per heavy atom. The molecule has 1 fully saturated rings. The molecule has 33 heavy (non-hydrogen) atoms. The smallest absolute Gasteiger partial charge is 0.270 e. The summed E-state index contributed by atoms with van der Waals surface area (Å²) in [6.07, 6.45) is 3.53. The van der Waals surface area contributed by atoms with Crippen molar-refractivity contribution in [2.75, 3.05) is 4.90 Å². The highest BCUT2D eigenvalue weighted by Gasteiger charge is 2.35. The number of benzene rings is 3. The molecule has 5 nitrogen and oxygen atoms in total. The summed E-state index contributed by atoms with van der Waals surface area (Å²) in [6.45, 7) is 3.91. The standard InChI is InChI=1S/C27H21N3O2S/c1-17-7-5-11-24(18(17)2)30-26(32)23(25(31)28-27(30)33)16-21-10-6-14-29(21)22-13-12-19-8-3-4-9-20(19)15-22/h3-16H,1-2H3,(H,28,31,33)/b23-16+. The molecule has 5 rings (SSSR count). The Bertz CT molecular complexity index is 1480. The fourth-order valence-corrected chi connectivity index (χ4v) is 4.35. The summed E-state index contributed by atoms with van der Waals surface area (Å²) in [7, 11) is 0. The van der Waals surface area contributed by atoms with Gasteiger partial charge in [-0.2, -0.15) is 0 Å². The van der Waals surface area contributed by atoms with Crippen LogP contribution in [0.4, 0.5) is 5.69 Å². The molecular formula is C27H21N3O2S. The summed E-state index contributed by atoms with van der Waals surface area (Å²) in [4.78, 5) is 27.6. The molecule has 162 valence electrons. The van der Waals surface area contributed by atoms with Crippen LogP contribution in [0.2, 0.25) is 0 Å². The molecule has 4 aromatic rings. The SMILES string of the molecule is Cc1cccc(N2C(=O)/C(=C/c3cccn3-c3ccc4ccccc4c3)C(=O)NC2=S)c1C. The van der Waals surface area contributed by atoms with Gasteiger partial charge in [-0.3, -0.25) is 19.8 Å². The minimum atomic E-state index is -0.502. The number of aryl methyl sites for hydroxylation is 1. The van der Waals surface area contributed by atoms with E-state index in [1.54, 1.807) is 6.08 Å². The molecule has 6 heteroatoms. The lowest BCUT2D eigenvalue weighted by Crippen LogP contribution is -2.54. The van der Waals surface area contributed by atoms with Crippen molar-refractivity contribution in [3.8, 4) is 5.69 Å². The average Bonchev–Trinajstić information content (AvgIpc) is 3.27. The zero-order valence-corrected chi connectivity index (χ0v) is 19.0. The maximum Gasteiger partial charge on any atom is 0.270 e. The van der Waals surface area contributed by atoms with Crippen molar-refractivity contribution < 1.29 is 9.59 Å². The molecule has 0 spiro atoms. The van der Waals surface area contributed by atoms with E-state index < -0.39 is 11.8 Å². The van der Waals surface area contributed by atoms with Gasteiger partial charge in [-0.15, -0.1) is 0 Å². The van der Waals surface area contributed by atoms with Gasteiger partial charge in [0, 0.05) is 17.6 Å². The van der Waals surface area contributed by atoms with Crippen LogP contribution in [-0.2, 0) is 9.59 Å². The molecule has 0 saturated carbocycles. The maximum absolute atomic E-state index is 13.5. The Balaban J connectivity index is 1.57. The van der Waals surface area contributed by atoms with Crippen LogP contribution in [0, 0.1) is 13.8 Å². The third kappa shape index (κ3) is 3.64. The van der Waals surface area contributed by atoms with Gasteiger partial charge in [0.15, 0.2) is 5.11 Å². The van der Waals surface area contributed by atoms with Crippen molar-refractivity contribution in [3.63, 3.8) is 0 Å². The van der Waals surface area contributed by atoms with Crippen molar-refractivity contribution >= 4 is 51.7 Å². The Morgan fingerprint density at radius 2 is 1.67 bits per heavy atom. The molecule has 1 aromatic heterocycles. The van der Waals surface area contributed by atoms with Gasteiger partial charge < -0.3 is 4.57 Å². The molecule has 2 heterocycles. The molecule has 0 unspecified atom stereocenters. The van der Waals surface area contributed by atoms with Crippen LogP contribution in [0.25, 0.3) is 22.5 Å². The lowest BCUT2D eigenvalue weighted by molar-refractivity contribution is -0.122. The number of amides is 2. The van der Waals surface area contributed by atoms with Crippen LogP contribution in [0.15, 0.2) is 84.6 Å². The number of fused-ring (bicyclic) bond motifs is 1. The molecule has 0 atom stereocenters. The first kappa shape index (κ1) is 20.8. The number of nitrogens with zero attached hydrogens (tertiary/aromatic N) is 2. The lowest BCUT2D eigenvalue weighted by atomic mass is 10.0. The summed E-state index contributed by atoms with van der Waals surface area (Å²) in [5.74, 6) is -0.943. The number of nitrogens with one attached hydrogen (secondary N) is 1. The second-order valence-corrected chi connectivity index (χ2v) is 8.40. The number of thiocarbonyl (C=S) groups is 1. The number of rotatable bonds is 3. The first-order chi connectivity index (χ1) is 15.9. The largest absolute Gasteiger partial charge is 0.317 e. The van der Waals surface area contributed by atoms with Crippen molar-refractivity contribution in [2.24, 2.45) is 0 Å². The van der Waals surface area contributed by atoms with E-state index >= 15 is 0 Å². The van der Waals surface area contributed by atoms with Crippen LogP contribution in [0.3, 0.4) is 0 Å². The molecule has 2 amide bonds. The van der Waals surface area contributed by atoms with E-state index in [4.69, 9.17) is 12.2 Å². The minimum absolute atomic E-state index is 0.0326. The molecule has 1 saturated heterocycles. The van der Waals surface area contributed by atoms with Gasteiger partial charge in [-0.05, 0) is 84.4 Å². The van der Waals surface area contributed by atoms with Crippen molar-refractivity contribution in [1.29, 1.82) is 0 Å². The Morgan fingerprint density at radius 1 is 0.879 bits per heavy atom. The molecule has 0 bridgehead atoms. The highest BCUT2D eigenvalue weighted by molar-refractivity contribution is 7.80. The quantitative estimate of drug-likeness (QED) is 0.269. The highest BCUT2D eigenvalue weighted by Crippen LogP contribution is 2.28. The van der Waals surface area contributed by atoms with E-state index in [1.165, 1.54) is 4.90 Å². The monoisotopic (exact) mass is 451 g/mol. The van der Waals surface area contributed by atoms with Gasteiger partial charge in [0.2, 0.25) is 0 Å². The van der Waals surface area contributed by atoms with Gasteiger partial charge in [0.1, 0.15) is 5.57 Å². The van der Waals surface area contributed by atoms with E-state index in [2.05, 4.69) is 29.6 Å². The van der Waals surface area contributed by atoms with Crippen molar-refractivity contribution in [2.45, 2.75) is 13.8 Å². The lowest BCUT2D eigenvalue weighted by Gasteiger charge is -2.30. The van der Waals surface area contributed by atoms with E-state index in [0.717, 1.165) is 33.3 Å². The van der Waals surface area contributed by atoms with Gasteiger partial charge in [-0.1, -0.05) is 42.5 Å². The summed E-state index contributed by atoms with van der Waals surface area (Å²) in [6, 6.07) is 23.7. The third-order valence-electron chi connectivity index (χ3n) is 6.00. The number of anilines is 1. The Hall–Kier alpha value is -4.03. The Kier molecular flexibility index (Phi) is 5.15. The summed E-state index contributed by atoms with van der Waals surface area (Å²) >= 11 is 5.36. The zero-order valence-electron chi connectivity index (χ0n) is 18.2. The molecule has 1 aliphatic rings. The molecule has 0 radical (unpaired) electrons. The highest BCUT2D eigenvalue weighted by atomic mass is 32.1. The zero-order chi connectivity index (χ0) is 23.1. The predicted octanol–water partition coefficient (Wildman–Crippen LogP) is 5.08. The summed E-state index contributed by atoms with van der Waals surface area (Å²) in [5, 5.41) is 5.01. The van der Waals surface area contributed by atoms with Crippen LogP contribution in [-0.4, -0.2) is 21.5 Å². The minimum Gasteiger partial charge on any atom is -0.317 e. The van der Waals surface area contributed by atoms with E-state index in [0.29, 0.717) is 5.69 Å². The second kappa shape index (κ2) is 8.15. The van der Waals surface area contributed by atoms with Gasteiger partial charge in [-0.25, -0.2) is 0 Å². The van der Waals surface area contributed by atoms with Crippen LogP contribution >= 0.6 is 12.2 Å². The van der Waals surface area contributed by atoms with E-state index in [9.17, 15) is 9.59 Å². The fraction of sp³-hybridized carbons (Fsp3) is 0.0741. The normalized spacial score (nSPS) is 15.4. The second-order valence-electron chi connectivity index (χ2n) is 8.01.